The van der Waals surface area contributed by atoms with Crippen LogP contribution in [0.25, 0.3) is 0 Å². The molecule has 3 aliphatic heterocycles. The molecule has 0 bridgehead atoms. The number of likely N-dealkylation sites (N-methyl/N-ethyl adjacent to an activating group) is 2. The Kier molecular flexibility index (Phi) is 15.4. The molecule has 18 atom stereocenters. The summed E-state index contributed by atoms with van der Waals surface area (Å²) in [4.78, 5) is 16.1. The smallest absolute Gasteiger partial charge is 0.311 e. The molecule has 0 aromatic heterocycles. The number of aliphatic hydroxyl groups is 5. The van der Waals surface area contributed by atoms with Gasteiger partial charge in [-0.05, 0) is 74.3 Å². The maximum atomic E-state index is 14.2. The van der Waals surface area contributed by atoms with Gasteiger partial charge in [0.05, 0.1) is 55.6 Å². The first-order valence-electron chi connectivity index (χ1n) is 19.3. The van der Waals surface area contributed by atoms with Crippen molar-refractivity contribution < 1.29 is 63.4 Å². The summed E-state index contributed by atoms with van der Waals surface area (Å²) < 4.78 is 36.5. The summed E-state index contributed by atoms with van der Waals surface area (Å²) in [7, 11) is 6.21. The standard InChI is InChI=1S/C38H72N2O13/c1-15-27-38(10,46)31(42)24(6)39(11)19-20(2)17-36(8,45)33(53-35-29(41)26(40(12,13)47)16-21(3)49-35)22(4)30(23(5)34(44)51-27)52-28-18-37(9,48-14)32(43)25(7)50-28/h20-33,35,41-43,45-46H,15-19H2,1-14H3/t20-,21-,22+,23-,24-,25+,26+,27-,28+,29-,30+,31+,32-,33-,35+,36-,37-,38-/m1/s1. The highest BCUT2D eigenvalue weighted by molar-refractivity contribution is 5.73. The number of ether oxygens (including phenoxy) is 6. The van der Waals surface area contributed by atoms with Gasteiger partial charge in [0.15, 0.2) is 18.7 Å². The minimum atomic E-state index is -1.83. The average Bonchev–Trinajstić information content (AvgIpc) is 3.05. The number of hydrogen-bond acceptors (Lipinski definition) is 14. The lowest BCUT2D eigenvalue weighted by molar-refractivity contribution is -0.874. The van der Waals surface area contributed by atoms with Gasteiger partial charge < -0.3 is 68.7 Å². The van der Waals surface area contributed by atoms with Gasteiger partial charge in [-0.1, -0.05) is 20.8 Å². The molecule has 0 radical (unpaired) electrons. The summed E-state index contributed by atoms with van der Waals surface area (Å²) >= 11 is 0. The SMILES string of the molecule is CC[C@H]1OC(=O)[C@H](C)[C@@H](O[C@H]2C[C@@](C)(OC)[C@H](O)[C@H](C)O2)[C@H](C)[C@@H](O[C@@H]2O[C@H](C)C[C@H]([N+](C)(C)[O-])[C@H]2O)[C@](C)(O)C[C@@H](C)CN(C)[C@H](C)[C@H](O)[C@]1(C)O. The summed E-state index contributed by atoms with van der Waals surface area (Å²) in [5.74, 6) is -2.80. The van der Waals surface area contributed by atoms with E-state index in [4.69, 9.17) is 28.4 Å². The number of esters is 1. The molecule has 0 aliphatic carbocycles. The van der Waals surface area contributed by atoms with Gasteiger partial charge in [0.2, 0.25) is 0 Å². The molecular formula is C38H72N2O13. The lowest BCUT2D eigenvalue weighted by Crippen LogP contribution is -2.62. The number of quaternary nitrogens is 1. The highest BCUT2D eigenvalue weighted by Gasteiger charge is 2.53. The predicted molar refractivity (Wildman–Crippen MR) is 196 cm³/mol. The van der Waals surface area contributed by atoms with Crippen LogP contribution < -0.4 is 0 Å². The zero-order valence-corrected chi connectivity index (χ0v) is 34.6. The second-order valence-electron chi connectivity index (χ2n) is 17.6. The molecule has 3 heterocycles. The van der Waals surface area contributed by atoms with Gasteiger partial charge in [-0.15, -0.1) is 0 Å². The van der Waals surface area contributed by atoms with E-state index in [0.29, 0.717) is 13.0 Å². The fraction of sp³-hybridized carbons (Fsp3) is 0.974. The molecule has 0 spiro atoms. The molecule has 15 nitrogen and oxygen atoms in total. The molecule has 15 heteroatoms. The minimum Gasteiger partial charge on any atom is -0.633 e. The Morgan fingerprint density at radius 3 is 2.11 bits per heavy atom. The number of hydrogen-bond donors (Lipinski definition) is 5. The van der Waals surface area contributed by atoms with Crippen LogP contribution >= 0.6 is 0 Å². The third kappa shape index (κ3) is 10.5. The van der Waals surface area contributed by atoms with Crippen molar-refractivity contribution in [2.24, 2.45) is 17.8 Å². The summed E-state index contributed by atoms with van der Waals surface area (Å²) in [6.45, 7) is 17.6. The largest absolute Gasteiger partial charge is 0.633 e. The molecule has 53 heavy (non-hydrogen) atoms. The fourth-order valence-corrected chi connectivity index (χ4v) is 8.84. The monoisotopic (exact) mass is 765 g/mol. The maximum absolute atomic E-state index is 14.2. The van der Waals surface area contributed by atoms with Crippen molar-refractivity contribution in [1.82, 2.24) is 4.90 Å². The Labute approximate surface area is 317 Å². The van der Waals surface area contributed by atoms with E-state index in [9.17, 15) is 35.5 Å². The number of aliphatic hydroxyl groups excluding tert-OH is 3. The number of carbonyl (C=O) groups is 1. The average molecular weight is 765 g/mol. The third-order valence-electron chi connectivity index (χ3n) is 12.3. The van der Waals surface area contributed by atoms with Gasteiger partial charge in [0.1, 0.15) is 30.0 Å². The van der Waals surface area contributed by atoms with E-state index in [1.807, 2.05) is 18.9 Å². The van der Waals surface area contributed by atoms with Gasteiger partial charge in [-0.3, -0.25) is 4.79 Å². The third-order valence-corrected chi connectivity index (χ3v) is 12.3. The fourth-order valence-electron chi connectivity index (χ4n) is 8.84. The van der Waals surface area contributed by atoms with Crippen LogP contribution in [-0.2, 0) is 33.2 Å². The van der Waals surface area contributed by atoms with Crippen molar-refractivity contribution in [3.63, 3.8) is 0 Å². The predicted octanol–water partition coefficient (Wildman–Crippen LogP) is 1.91. The van der Waals surface area contributed by atoms with E-state index in [2.05, 4.69) is 0 Å². The van der Waals surface area contributed by atoms with E-state index < -0.39 is 113 Å². The first-order valence-corrected chi connectivity index (χ1v) is 19.3. The Morgan fingerprint density at radius 2 is 1.57 bits per heavy atom. The lowest BCUT2D eigenvalue weighted by Gasteiger charge is -2.51. The molecule has 0 aromatic carbocycles. The summed E-state index contributed by atoms with van der Waals surface area (Å²) in [6.07, 6.45) is -9.60. The van der Waals surface area contributed by atoms with E-state index in [1.165, 1.54) is 28.1 Å². The van der Waals surface area contributed by atoms with Crippen molar-refractivity contribution in [3.8, 4) is 0 Å². The van der Waals surface area contributed by atoms with E-state index >= 15 is 0 Å². The molecule has 3 fully saturated rings. The minimum absolute atomic E-state index is 0.0990. The van der Waals surface area contributed by atoms with Crippen molar-refractivity contribution in [3.05, 3.63) is 5.21 Å². The normalized spacial score (nSPS) is 49.1. The number of methoxy groups -OCH3 is 1. The summed E-state index contributed by atoms with van der Waals surface area (Å²) in [5, 5.41) is 71.3. The zero-order chi connectivity index (χ0) is 40.6. The Balaban J connectivity index is 2.19. The van der Waals surface area contributed by atoms with Gasteiger partial charge >= 0.3 is 5.97 Å². The van der Waals surface area contributed by atoms with E-state index in [0.717, 1.165) is 0 Å². The zero-order valence-electron chi connectivity index (χ0n) is 34.6. The molecule has 0 amide bonds. The number of carbonyl (C=O) groups excluding carboxylic acids is 1. The topological polar surface area (TPSA) is 200 Å². The number of cyclic esters (lactones) is 1. The van der Waals surface area contributed by atoms with Crippen LogP contribution in [0.3, 0.4) is 0 Å². The van der Waals surface area contributed by atoms with Crippen LogP contribution in [0, 0.1) is 23.0 Å². The van der Waals surface area contributed by atoms with Crippen molar-refractivity contribution >= 4 is 5.97 Å². The molecule has 0 unspecified atom stereocenters. The highest BCUT2D eigenvalue weighted by atomic mass is 16.7. The van der Waals surface area contributed by atoms with E-state index in [1.54, 1.807) is 55.4 Å². The molecule has 3 rings (SSSR count). The first-order chi connectivity index (χ1) is 24.2. The Bertz CT molecular complexity index is 1190. The highest BCUT2D eigenvalue weighted by Crippen LogP contribution is 2.40. The van der Waals surface area contributed by atoms with Crippen molar-refractivity contribution in [2.45, 2.75) is 185 Å². The van der Waals surface area contributed by atoms with Crippen molar-refractivity contribution in [1.29, 1.82) is 0 Å². The quantitative estimate of drug-likeness (QED) is 0.143. The maximum Gasteiger partial charge on any atom is 0.311 e. The van der Waals surface area contributed by atoms with E-state index in [-0.39, 0.29) is 25.2 Å². The Morgan fingerprint density at radius 1 is 0.962 bits per heavy atom. The van der Waals surface area contributed by atoms with Crippen LogP contribution in [0.15, 0.2) is 0 Å². The summed E-state index contributed by atoms with van der Waals surface area (Å²) in [5.41, 5.74) is -4.51. The lowest BCUT2D eigenvalue weighted by atomic mass is 9.77. The second kappa shape index (κ2) is 17.6. The summed E-state index contributed by atoms with van der Waals surface area (Å²) in [6, 6.07) is -1.34. The van der Waals surface area contributed by atoms with Crippen LogP contribution in [-0.4, -0.2) is 166 Å². The van der Waals surface area contributed by atoms with Crippen LogP contribution in [0.1, 0.15) is 94.9 Å². The number of nitrogens with zero attached hydrogens (tertiary/aromatic N) is 2. The first kappa shape index (κ1) is 46.3. The molecule has 312 valence electrons. The Hall–Kier alpha value is -1.05. The van der Waals surface area contributed by atoms with Crippen LogP contribution in [0.2, 0.25) is 0 Å². The van der Waals surface area contributed by atoms with Gasteiger partial charge in [0, 0.05) is 38.5 Å². The number of rotatable bonds is 7. The molecule has 5 N–H and O–H groups in total. The molecule has 0 saturated carbocycles. The number of hydroxylamine groups is 3. The van der Waals surface area contributed by atoms with Gasteiger partial charge in [-0.25, -0.2) is 0 Å². The van der Waals surface area contributed by atoms with Gasteiger partial charge in [0.25, 0.3) is 0 Å². The van der Waals surface area contributed by atoms with Crippen LogP contribution in [0.4, 0.5) is 0 Å². The molecular weight excluding hydrogens is 692 g/mol. The van der Waals surface area contributed by atoms with Crippen LogP contribution in [0.5, 0.6) is 0 Å². The van der Waals surface area contributed by atoms with Crippen molar-refractivity contribution in [2.75, 3.05) is 34.8 Å². The molecule has 0 aromatic rings. The molecule has 3 aliphatic rings. The van der Waals surface area contributed by atoms with Gasteiger partial charge in [-0.2, -0.15) is 0 Å². The second-order valence-corrected chi connectivity index (χ2v) is 17.6. The molecule has 3 saturated heterocycles.